The first-order valence-electron chi connectivity index (χ1n) is 15.0. The first-order valence-corrected chi connectivity index (χ1v) is 16.1. The van der Waals surface area contributed by atoms with Crippen molar-refractivity contribution in [1.82, 2.24) is 15.5 Å². The molecule has 4 N–H and O–H groups in total. The highest BCUT2D eigenvalue weighted by atomic mass is 32.2. The molecule has 12 heteroatoms. The number of carbonyl (C=O) groups is 4. The lowest BCUT2D eigenvalue weighted by Crippen LogP contribution is -2.40. The van der Waals surface area contributed by atoms with Crippen LogP contribution in [0.2, 0.25) is 0 Å². The van der Waals surface area contributed by atoms with Gasteiger partial charge in [-0.25, -0.2) is 0 Å². The third-order valence-electron chi connectivity index (χ3n) is 7.30. The van der Waals surface area contributed by atoms with Gasteiger partial charge in [0.15, 0.2) is 5.78 Å². The summed E-state index contributed by atoms with van der Waals surface area (Å²) in [7, 11) is 0.479. The second-order valence-corrected chi connectivity index (χ2v) is 11.9. The Morgan fingerprint density at radius 1 is 0.976 bits per heavy atom. The summed E-state index contributed by atoms with van der Waals surface area (Å²) in [6.45, 7) is 10.7. The van der Waals surface area contributed by atoms with E-state index in [0.29, 0.717) is 55.6 Å². The topological polar surface area (TPSA) is 145 Å². The monoisotopic (exact) mass is 607 g/mol. The quantitative estimate of drug-likeness (QED) is 0.0672. The molecule has 1 rings (SSSR count). The van der Waals surface area contributed by atoms with Crippen molar-refractivity contribution in [3.05, 3.63) is 29.8 Å². The van der Waals surface area contributed by atoms with Crippen molar-refractivity contribution in [1.29, 1.82) is 0 Å². The second-order valence-electron chi connectivity index (χ2n) is 10.8. The molecule has 0 aromatic heterocycles. The van der Waals surface area contributed by atoms with E-state index in [4.69, 9.17) is 14.8 Å². The summed E-state index contributed by atoms with van der Waals surface area (Å²) in [5.41, 5.74) is 0.805. The summed E-state index contributed by atoms with van der Waals surface area (Å²) >= 11 is 1.36. The number of hydrogen-bond donors (Lipinski definition) is 4. The van der Waals surface area contributed by atoms with E-state index in [-0.39, 0.29) is 53.7 Å². The van der Waals surface area contributed by atoms with Gasteiger partial charge in [0.1, 0.15) is 6.61 Å². The molecular formula is C30H50BN3O7S. The van der Waals surface area contributed by atoms with Crippen LogP contribution < -0.4 is 16.1 Å². The maximum atomic E-state index is 12.6. The van der Waals surface area contributed by atoms with Crippen LogP contribution in [-0.4, -0.2) is 97.0 Å². The number of nitrogens with one attached hydrogen (secondary N) is 2. The number of ketones is 1. The van der Waals surface area contributed by atoms with Crippen LogP contribution in [0.3, 0.4) is 0 Å². The Morgan fingerprint density at radius 2 is 1.64 bits per heavy atom. The van der Waals surface area contributed by atoms with E-state index in [9.17, 15) is 19.2 Å². The average Bonchev–Trinajstić information content (AvgIpc) is 2.98. The Morgan fingerprint density at radius 3 is 2.26 bits per heavy atom. The third-order valence-corrected chi connectivity index (χ3v) is 8.22. The highest BCUT2D eigenvalue weighted by Crippen LogP contribution is 2.15. The van der Waals surface area contributed by atoms with E-state index in [1.807, 2.05) is 27.8 Å². The Labute approximate surface area is 255 Å². The zero-order valence-corrected chi connectivity index (χ0v) is 26.7. The fraction of sp³-hybridized carbons (Fsp3) is 0.667. The van der Waals surface area contributed by atoms with E-state index in [0.717, 1.165) is 19.5 Å². The SMILES string of the molecule is CCC(CNC(=O)C(C)CCCC(C)C(=O)OCCSCC(=O)c1ccc(B(O)O)cc1)C(=O)NCCCN(C)CC. The zero-order chi connectivity index (χ0) is 31.5. The number of thioether (sulfide) groups is 1. The van der Waals surface area contributed by atoms with Crippen LogP contribution in [0.25, 0.3) is 0 Å². The highest BCUT2D eigenvalue weighted by molar-refractivity contribution is 8.00. The molecule has 0 aliphatic rings. The Bertz CT molecular complexity index is 965. The summed E-state index contributed by atoms with van der Waals surface area (Å²) < 4.78 is 5.34. The molecule has 0 spiro atoms. The maximum absolute atomic E-state index is 12.6. The van der Waals surface area contributed by atoms with E-state index < -0.39 is 7.12 Å². The van der Waals surface area contributed by atoms with E-state index in [1.54, 1.807) is 12.1 Å². The van der Waals surface area contributed by atoms with Crippen molar-refractivity contribution < 1.29 is 34.0 Å². The van der Waals surface area contributed by atoms with Crippen molar-refractivity contribution in [3.8, 4) is 0 Å². The summed E-state index contributed by atoms with van der Waals surface area (Å²) in [5, 5.41) is 24.1. The van der Waals surface area contributed by atoms with Gasteiger partial charge in [-0.1, -0.05) is 58.4 Å². The first kappa shape index (κ1) is 37.6. The van der Waals surface area contributed by atoms with Gasteiger partial charge < -0.3 is 30.3 Å². The number of nitrogens with zero attached hydrogens (tertiary/aromatic N) is 1. The fourth-order valence-corrected chi connectivity index (χ4v) is 4.79. The van der Waals surface area contributed by atoms with Crippen LogP contribution in [0.15, 0.2) is 24.3 Å². The normalized spacial score (nSPS) is 13.2. The predicted octanol–water partition coefficient (Wildman–Crippen LogP) is 1.87. The Balaban J connectivity index is 2.21. The molecule has 1 aromatic carbocycles. The van der Waals surface area contributed by atoms with Crippen LogP contribution in [-0.2, 0) is 19.1 Å². The van der Waals surface area contributed by atoms with E-state index in [1.165, 1.54) is 23.9 Å². The molecule has 0 bridgehead atoms. The molecule has 0 saturated heterocycles. The number of esters is 1. The number of benzene rings is 1. The molecule has 2 amide bonds. The van der Waals surface area contributed by atoms with Crippen molar-refractivity contribution in [2.45, 2.75) is 59.8 Å². The van der Waals surface area contributed by atoms with Gasteiger partial charge in [0.2, 0.25) is 11.8 Å². The lowest BCUT2D eigenvalue weighted by atomic mass is 9.80. The molecule has 42 heavy (non-hydrogen) atoms. The maximum Gasteiger partial charge on any atom is 0.488 e. The van der Waals surface area contributed by atoms with Gasteiger partial charge >= 0.3 is 13.1 Å². The lowest BCUT2D eigenvalue weighted by molar-refractivity contribution is -0.147. The fourth-order valence-electron chi connectivity index (χ4n) is 4.10. The zero-order valence-electron chi connectivity index (χ0n) is 25.9. The Kier molecular flexibility index (Phi) is 19.1. The minimum absolute atomic E-state index is 0.0306. The lowest BCUT2D eigenvalue weighted by Gasteiger charge is -2.19. The Hall–Kier alpha value is -2.41. The number of Topliss-reactive ketones (excluding diaryl/α,β-unsaturated/α-hetero) is 1. The number of rotatable bonds is 22. The molecule has 236 valence electrons. The second kappa shape index (κ2) is 21.3. The molecule has 10 nitrogen and oxygen atoms in total. The van der Waals surface area contributed by atoms with Crippen molar-refractivity contribution in [3.63, 3.8) is 0 Å². The van der Waals surface area contributed by atoms with Gasteiger partial charge in [-0.05, 0) is 51.3 Å². The molecule has 0 aliphatic heterocycles. The number of ether oxygens (including phenoxy) is 1. The van der Waals surface area contributed by atoms with Gasteiger partial charge in [-0.3, -0.25) is 19.2 Å². The molecule has 0 aliphatic carbocycles. The minimum atomic E-state index is -1.57. The number of amides is 2. The van der Waals surface area contributed by atoms with Crippen molar-refractivity contribution in [2.24, 2.45) is 17.8 Å². The molecule has 0 saturated carbocycles. The molecule has 3 unspecified atom stereocenters. The summed E-state index contributed by atoms with van der Waals surface area (Å²) in [4.78, 5) is 51.8. The van der Waals surface area contributed by atoms with Crippen LogP contribution in [0.5, 0.6) is 0 Å². The van der Waals surface area contributed by atoms with Gasteiger partial charge in [-0.2, -0.15) is 11.8 Å². The molecule has 3 atom stereocenters. The summed E-state index contributed by atoms with van der Waals surface area (Å²) in [6, 6.07) is 6.11. The van der Waals surface area contributed by atoms with Crippen LogP contribution >= 0.6 is 11.8 Å². The molecule has 0 fully saturated rings. The van der Waals surface area contributed by atoms with Gasteiger partial charge in [-0.15, -0.1) is 0 Å². The van der Waals surface area contributed by atoms with Crippen molar-refractivity contribution in [2.75, 3.05) is 51.3 Å². The molecule has 1 aromatic rings. The third kappa shape index (κ3) is 15.2. The van der Waals surface area contributed by atoms with E-state index >= 15 is 0 Å². The van der Waals surface area contributed by atoms with Gasteiger partial charge in [0.05, 0.1) is 17.6 Å². The van der Waals surface area contributed by atoms with Crippen LogP contribution in [0.1, 0.15) is 70.2 Å². The van der Waals surface area contributed by atoms with Crippen molar-refractivity contribution >= 4 is 47.9 Å². The molecular weight excluding hydrogens is 557 g/mol. The summed E-state index contributed by atoms with van der Waals surface area (Å²) in [6.07, 6.45) is 3.47. The van der Waals surface area contributed by atoms with Gasteiger partial charge in [0, 0.05) is 30.3 Å². The highest BCUT2D eigenvalue weighted by Gasteiger charge is 2.21. The smallest absolute Gasteiger partial charge is 0.465 e. The van der Waals surface area contributed by atoms with Crippen LogP contribution in [0, 0.1) is 17.8 Å². The standard InChI is InChI=1S/C30H50BN3O7S/c1-6-24(29(37)32-16-9-17-34(5)7-2)20-33-28(36)22(3)10-8-11-23(4)30(38)41-18-19-42-21-27(35)25-12-14-26(15-13-25)31(39)40/h12-15,22-24,39-40H,6-11,16-21H2,1-5H3,(H,32,37)(H,33,36). The summed E-state index contributed by atoms with van der Waals surface area (Å²) in [5.74, 6) is -0.561. The molecule has 0 heterocycles. The number of carbonyl (C=O) groups excluding carboxylic acids is 4. The minimum Gasteiger partial charge on any atom is -0.465 e. The first-order chi connectivity index (χ1) is 20.0. The predicted molar refractivity (Wildman–Crippen MR) is 169 cm³/mol. The van der Waals surface area contributed by atoms with E-state index in [2.05, 4.69) is 22.5 Å². The number of hydrogen-bond acceptors (Lipinski definition) is 9. The average molecular weight is 608 g/mol. The molecule has 0 radical (unpaired) electrons. The van der Waals surface area contributed by atoms with Crippen LogP contribution in [0.4, 0.5) is 0 Å². The largest absolute Gasteiger partial charge is 0.488 e. The van der Waals surface area contributed by atoms with Gasteiger partial charge in [0.25, 0.3) is 0 Å².